The van der Waals surface area contributed by atoms with E-state index in [-0.39, 0.29) is 82.3 Å². The SMILES string of the molecule is C.C.CCCCCCCCCCCCc1ccc(-[s+]2ccc3ccccc32)cc1.CCCCCCCCCCCCc1ccc(-[s+]2ccc3ccccc32)cc1.O=C(OCCOC(=O)C(F)(F)S(=O)(=O)[O-])C12CC3CC(CC(C3)C1)C2.O=C(OCCOC(=O)C(F)(F)S(=O)(=O)[O-])C12CC3CC(CC(C3)C1)C2.[Br-].[Na+]. The smallest absolute Gasteiger partial charge is 1.00 e. The van der Waals surface area contributed by atoms with E-state index in [0.717, 1.165) is 77.0 Å². The topological polar surface area (TPSA) is 220 Å². The largest absolute Gasteiger partial charge is 1.00 e. The average Bonchev–Trinajstić information content (AvgIpc) is 0.978. The zero-order chi connectivity index (χ0) is 74.4. The van der Waals surface area contributed by atoms with Gasteiger partial charge in [-0.2, -0.15) is 17.6 Å². The molecule has 8 saturated carbocycles. The number of hydrogen-bond donors (Lipinski definition) is 0. The summed E-state index contributed by atoms with van der Waals surface area (Å²) in [6.45, 7) is 2.20. The van der Waals surface area contributed by atoms with Crippen molar-refractivity contribution in [3.05, 3.63) is 131 Å². The van der Waals surface area contributed by atoms with Gasteiger partial charge in [0.05, 0.1) is 10.8 Å². The van der Waals surface area contributed by atoms with Gasteiger partial charge < -0.3 is 45.0 Å². The molecular formula is C84H116BrF4NaO14S4. The van der Waals surface area contributed by atoms with Crippen molar-refractivity contribution in [1.82, 2.24) is 0 Å². The van der Waals surface area contributed by atoms with Crippen molar-refractivity contribution >= 4 is 85.2 Å². The number of ether oxygens (including phenoxy) is 4. The fraction of sp³-hybridized carbons (Fsp3) is 0.619. The first-order chi connectivity index (χ1) is 49.8. The van der Waals surface area contributed by atoms with E-state index in [0.29, 0.717) is 35.5 Å². The van der Waals surface area contributed by atoms with Gasteiger partial charge in [-0.25, -0.2) is 26.4 Å². The molecule has 2 aromatic heterocycles. The quantitative estimate of drug-likeness (QED) is 0.00679. The number of carbonyl (C=O) groups excluding carboxylic acids is 4. The molecule has 8 bridgehead atoms. The second-order valence-corrected chi connectivity index (χ2v) is 36.9. The van der Waals surface area contributed by atoms with E-state index in [1.807, 2.05) is 0 Å². The first-order valence-electron chi connectivity index (χ1n) is 38.4. The first kappa shape index (κ1) is 94.3. The monoisotopic (exact) mass is 1650 g/mol. The van der Waals surface area contributed by atoms with Crippen molar-refractivity contribution in [3.63, 3.8) is 0 Å². The summed E-state index contributed by atoms with van der Waals surface area (Å²) >= 11 is 0. The summed E-state index contributed by atoms with van der Waals surface area (Å²) in [6.07, 6.45) is 42.1. The van der Waals surface area contributed by atoms with Gasteiger partial charge in [0.2, 0.25) is 0 Å². The van der Waals surface area contributed by atoms with Gasteiger partial charge in [0, 0.05) is 43.8 Å². The number of carbonyl (C=O) groups is 4. The van der Waals surface area contributed by atoms with Crippen molar-refractivity contribution in [1.29, 1.82) is 0 Å². The van der Waals surface area contributed by atoms with Gasteiger partial charge in [-0.1, -0.05) is 193 Å². The predicted molar refractivity (Wildman–Crippen MR) is 414 cm³/mol. The summed E-state index contributed by atoms with van der Waals surface area (Å²) in [6, 6.07) is 40.9. The number of thiophene rings is 2. The van der Waals surface area contributed by atoms with Crippen LogP contribution < -0.4 is 46.5 Å². The number of unbranched alkanes of at least 4 members (excludes halogenated alkanes) is 18. The van der Waals surface area contributed by atoms with Crippen LogP contribution in [-0.4, -0.2) is 86.8 Å². The van der Waals surface area contributed by atoms with Crippen molar-refractivity contribution in [3.8, 4) is 9.79 Å². The Hall–Kier alpha value is -4.30. The first-order valence-corrected chi connectivity index (χ1v) is 43.8. The second-order valence-electron chi connectivity index (χ2n) is 30.4. The minimum absolute atomic E-state index is 0. The number of fused-ring (bicyclic) bond motifs is 2. The van der Waals surface area contributed by atoms with Gasteiger partial charge in [-0.15, -0.1) is 0 Å². The van der Waals surface area contributed by atoms with E-state index < -0.39 is 91.9 Å². The van der Waals surface area contributed by atoms with Crippen LogP contribution in [0.4, 0.5) is 17.6 Å². The number of aryl methyl sites for hydroxylation is 2. The Labute approximate surface area is 679 Å². The molecule has 0 amide bonds. The van der Waals surface area contributed by atoms with Crippen molar-refractivity contribution in [2.45, 2.75) is 258 Å². The number of rotatable bonds is 36. The Balaban J connectivity index is 0.000000255. The summed E-state index contributed by atoms with van der Waals surface area (Å²) in [5.41, 5.74) is 1.94. The van der Waals surface area contributed by atoms with Gasteiger partial charge in [-0.05, 0) is 198 Å². The van der Waals surface area contributed by atoms with Crippen molar-refractivity contribution in [2.75, 3.05) is 26.4 Å². The molecule has 24 heteroatoms. The maximum Gasteiger partial charge on any atom is 1.00 e. The molecule has 596 valence electrons. The molecule has 4 aromatic carbocycles. The molecule has 108 heavy (non-hydrogen) atoms. The minimum Gasteiger partial charge on any atom is -1.00 e. The average molecular weight is 1660 g/mol. The van der Waals surface area contributed by atoms with E-state index in [9.17, 15) is 62.7 Å². The third-order valence-electron chi connectivity index (χ3n) is 22.2. The molecule has 0 N–H and O–H groups in total. The van der Waals surface area contributed by atoms with Crippen molar-refractivity contribution < 1.29 is 128 Å². The summed E-state index contributed by atoms with van der Waals surface area (Å²) in [5.74, 6) is -2.60. The van der Waals surface area contributed by atoms with Crippen LogP contribution in [0.1, 0.15) is 245 Å². The summed E-state index contributed by atoms with van der Waals surface area (Å²) in [7, 11) is -12.0. The molecule has 2 unspecified atom stereocenters. The molecule has 8 aliphatic carbocycles. The molecule has 0 spiro atoms. The van der Waals surface area contributed by atoms with Crippen LogP contribution in [0.5, 0.6) is 0 Å². The fourth-order valence-corrected chi connectivity index (χ4v) is 21.9. The van der Waals surface area contributed by atoms with Crippen LogP contribution in [0.2, 0.25) is 0 Å². The molecular weight excluding hydrogens is 1540 g/mol. The summed E-state index contributed by atoms with van der Waals surface area (Å²) in [4.78, 5) is 49.7. The summed E-state index contributed by atoms with van der Waals surface area (Å²) < 4.78 is 135. The van der Waals surface area contributed by atoms with E-state index in [4.69, 9.17) is 9.47 Å². The van der Waals surface area contributed by atoms with Crippen LogP contribution in [0, 0.1) is 46.3 Å². The maximum absolute atomic E-state index is 12.9. The van der Waals surface area contributed by atoms with Crippen LogP contribution >= 0.6 is 20.9 Å². The number of benzene rings is 4. The Bertz CT molecular complexity index is 3640. The Morgan fingerprint density at radius 1 is 0.407 bits per heavy atom. The van der Waals surface area contributed by atoms with Crippen LogP contribution in [0.25, 0.3) is 30.0 Å². The molecule has 14 nitrogen and oxygen atoms in total. The number of esters is 4. The molecule has 2 heterocycles. The predicted octanol–water partition coefficient (Wildman–Crippen LogP) is 16.2. The van der Waals surface area contributed by atoms with Gasteiger partial charge in [0.15, 0.2) is 39.4 Å². The molecule has 0 saturated heterocycles. The fourth-order valence-electron chi connectivity index (χ4n) is 17.7. The Kier molecular flexibility index (Phi) is 39.3. The third kappa shape index (κ3) is 26.4. The van der Waals surface area contributed by atoms with Gasteiger partial charge in [0.1, 0.15) is 37.2 Å². The third-order valence-corrected chi connectivity index (χ3v) is 27.9. The minimum atomic E-state index is -6.15. The summed E-state index contributed by atoms with van der Waals surface area (Å²) in [5, 5.41) is -2.82. The molecule has 8 fully saturated rings. The standard InChI is InChI=1S/2C26H35S.2C15H20F2O7S.2CH4.BrH.Na/c2*1-2-3-4-5-6-7-8-9-10-11-14-23-17-19-25(20-18-23)27-22-21-24-15-12-13-16-26(24)27;2*16-15(17,25(20,21)22)13(19)24-2-1-23-12(18)14-6-9-3-10(7-14)5-11(4-9)8-14;;;;/h2*12-13,15-22H,2-11,14H2,1H3;2*9-11H,1-8H2,(H,20,21,22);2*1H4;1H;/q2*+1;;;;;;+1/p-3. The molecule has 6 aromatic rings. The molecule has 0 radical (unpaired) electrons. The van der Waals surface area contributed by atoms with Crippen LogP contribution in [0.15, 0.2) is 120 Å². The maximum atomic E-state index is 12.9. The molecule has 0 aliphatic heterocycles. The zero-order valence-electron chi connectivity index (χ0n) is 62.1. The van der Waals surface area contributed by atoms with E-state index in [1.54, 1.807) is 0 Å². The number of alkyl halides is 4. The van der Waals surface area contributed by atoms with Gasteiger partial charge in [0.25, 0.3) is 0 Å². The number of halogens is 5. The van der Waals surface area contributed by atoms with E-state index >= 15 is 0 Å². The Morgan fingerprint density at radius 2 is 0.667 bits per heavy atom. The zero-order valence-corrected chi connectivity index (χ0v) is 69.0. The van der Waals surface area contributed by atoms with Gasteiger partial charge in [-0.3, -0.25) is 9.59 Å². The second kappa shape index (κ2) is 45.0. The van der Waals surface area contributed by atoms with Crippen LogP contribution in [0.3, 0.4) is 0 Å². The van der Waals surface area contributed by atoms with Crippen LogP contribution in [-0.2, 0) is 71.2 Å². The molecule has 14 rings (SSSR count). The van der Waals surface area contributed by atoms with E-state index in [1.165, 1.54) is 182 Å². The van der Waals surface area contributed by atoms with Crippen molar-refractivity contribution in [2.24, 2.45) is 46.3 Å². The van der Waals surface area contributed by atoms with E-state index in [2.05, 4.69) is 143 Å². The normalized spacial score (nSPS) is 21.7. The number of hydrogen-bond acceptors (Lipinski definition) is 14. The molecule has 2 atom stereocenters. The van der Waals surface area contributed by atoms with Gasteiger partial charge >= 0.3 is 63.9 Å². The Morgan fingerprint density at radius 3 is 0.944 bits per heavy atom. The molecule has 8 aliphatic rings.